The van der Waals surface area contributed by atoms with E-state index < -0.39 is 5.56 Å². The molecule has 0 aliphatic heterocycles. The summed E-state index contributed by atoms with van der Waals surface area (Å²) in [5.41, 5.74) is 5.14. The number of anilines is 1. The van der Waals surface area contributed by atoms with Gasteiger partial charge in [0.25, 0.3) is 5.56 Å². The SMILES string of the molecule is N#Cc1c(N)[nH]c(=O)c(C#N)c1-c1c(Br)ccc(Cl)c1Oc1ccccc1. The van der Waals surface area contributed by atoms with E-state index in [1.54, 1.807) is 36.4 Å². The molecule has 0 spiro atoms. The van der Waals surface area contributed by atoms with Crippen LogP contribution in [0.5, 0.6) is 11.5 Å². The molecule has 0 radical (unpaired) electrons. The fourth-order valence-electron chi connectivity index (χ4n) is 2.57. The molecule has 3 aromatic rings. The molecule has 0 aliphatic carbocycles. The number of halogens is 2. The Labute approximate surface area is 167 Å². The molecule has 2 aromatic carbocycles. The Hall–Kier alpha value is -3.26. The normalized spacial score (nSPS) is 10.1. The zero-order valence-electron chi connectivity index (χ0n) is 13.6. The van der Waals surface area contributed by atoms with Crippen LogP contribution in [0, 0.1) is 22.7 Å². The van der Waals surface area contributed by atoms with Crippen molar-refractivity contribution in [3.8, 4) is 34.8 Å². The van der Waals surface area contributed by atoms with Gasteiger partial charge in [0.15, 0.2) is 5.75 Å². The molecule has 0 amide bonds. The van der Waals surface area contributed by atoms with Gasteiger partial charge in [-0.3, -0.25) is 4.79 Å². The molecular weight excluding hydrogens is 432 g/mol. The van der Waals surface area contributed by atoms with Crippen LogP contribution in [0.1, 0.15) is 11.1 Å². The number of aromatic nitrogens is 1. The Morgan fingerprint density at radius 1 is 1.04 bits per heavy atom. The Balaban J connectivity index is 2.41. The lowest BCUT2D eigenvalue weighted by Crippen LogP contribution is -2.16. The van der Waals surface area contributed by atoms with Crippen molar-refractivity contribution in [1.82, 2.24) is 4.98 Å². The number of aromatic amines is 1. The van der Waals surface area contributed by atoms with Gasteiger partial charge in [0, 0.05) is 15.6 Å². The van der Waals surface area contributed by atoms with Crippen molar-refractivity contribution < 1.29 is 4.74 Å². The maximum Gasteiger partial charge on any atom is 0.268 e. The second-order valence-electron chi connectivity index (χ2n) is 5.36. The molecule has 0 atom stereocenters. The van der Waals surface area contributed by atoms with Crippen LogP contribution >= 0.6 is 27.5 Å². The first-order valence-electron chi connectivity index (χ1n) is 7.55. The first-order chi connectivity index (χ1) is 13.0. The maximum absolute atomic E-state index is 12.2. The highest BCUT2D eigenvalue weighted by Crippen LogP contribution is 2.45. The summed E-state index contributed by atoms with van der Waals surface area (Å²) in [5, 5.41) is 19.3. The number of pyridine rings is 1. The molecule has 6 nitrogen and oxygen atoms in total. The number of nitrogens with zero attached hydrogens (tertiary/aromatic N) is 2. The van der Waals surface area contributed by atoms with Gasteiger partial charge < -0.3 is 15.5 Å². The number of nitriles is 2. The summed E-state index contributed by atoms with van der Waals surface area (Å²) in [6.07, 6.45) is 0. The van der Waals surface area contributed by atoms with Crippen LogP contribution < -0.4 is 16.0 Å². The van der Waals surface area contributed by atoms with Gasteiger partial charge in [-0.05, 0) is 24.3 Å². The third kappa shape index (κ3) is 3.39. The molecule has 3 N–H and O–H groups in total. The number of H-pyrrole nitrogens is 1. The Morgan fingerprint density at radius 2 is 1.70 bits per heavy atom. The molecule has 0 saturated heterocycles. The van der Waals surface area contributed by atoms with Crippen molar-refractivity contribution in [1.29, 1.82) is 10.5 Å². The number of hydrogen-bond donors (Lipinski definition) is 2. The Morgan fingerprint density at radius 3 is 2.33 bits per heavy atom. The highest BCUT2D eigenvalue weighted by atomic mass is 79.9. The lowest BCUT2D eigenvalue weighted by atomic mass is 9.96. The molecule has 8 heteroatoms. The van der Waals surface area contributed by atoms with Crippen molar-refractivity contribution in [2.45, 2.75) is 0 Å². The highest BCUT2D eigenvalue weighted by Gasteiger charge is 2.25. The Bertz CT molecular complexity index is 1180. The number of benzene rings is 2. The van der Waals surface area contributed by atoms with Crippen molar-refractivity contribution in [2.24, 2.45) is 0 Å². The fraction of sp³-hybridized carbons (Fsp3) is 0. The first kappa shape index (κ1) is 18.5. The molecule has 0 aliphatic rings. The smallest absolute Gasteiger partial charge is 0.268 e. The van der Waals surface area contributed by atoms with E-state index in [1.165, 1.54) is 0 Å². The molecule has 0 unspecified atom stereocenters. The summed E-state index contributed by atoms with van der Waals surface area (Å²) >= 11 is 9.74. The van der Waals surface area contributed by atoms with Gasteiger partial charge in [-0.25, -0.2) is 0 Å². The van der Waals surface area contributed by atoms with Crippen molar-refractivity contribution in [3.05, 3.63) is 73.4 Å². The minimum atomic E-state index is -0.707. The van der Waals surface area contributed by atoms with E-state index in [1.807, 2.05) is 18.2 Å². The Kier molecular flexibility index (Phi) is 5.18. The predicted octanol–water partition coefficient (Wildman–Crippen LogP) is 4.58. The molecule has 3 rings (SSSR count). The molecule has 27 heavy (non-hydrogen) atoms. The molecule has 132 valence electrons. The lowest BCUT2D eigenvalue weighted by Gasteiger charge is -2.17. The van der Waals surface area contributed by atoms with Gasteiger partial charge in [-0.2, -0.15) is 10.5 Å². The quantitative estimate of drug-likeness (QED) is 0.617. The first-order valence-corrected chi connectivity index (χ1v) is 8.72. The van der Waals surface area contributed by atoms with E-state index in [-0.39, 0.29) is 38.8 Å². The van der Waals surface area contributed by atoms with Crippen LogP contribution in [-0.4, -0.2) is 4.98 Å². The number of hydrogen-bond acceptors (Lipinski definition) is 5. The summed E-state index contributed by atoms with van der Waals surface area (Å²) in [6, 6.07) is 15.9. The van der Waals surface area contributed by atoms with Gasteiger partial charge in [0.2, 0.25) is 0 Å². The third-order valence-corrected chi connectivity index (χ3v) is 4.70. The van der Waals surface area contributed by atoms with E-state index in [4.69, 9.17) is 22.1 Å². The van der Waals surface area contributed by atoms with Crippen LogP contribution in [0.15, 0.2) is 51.7 Å². The van der Waals surface area contributed by atoms with E-state index >= 15 is 0 Å². The van der Waals surface area contributed by atoms with Crippen LogP contribution in [0.4, 0.5) is 5.82 Å². The van der Waals surface area contributed by atoms with Crippen molar-refractivity contribution >= 4 is 33.3 Å². The van der Waals surface area contributed by atoms with Gasteiger partial charge in [-0.1, -0.05) is 45.7 Å². The van der Waals surface area contributed by atoms with Crippen LogP contribution in [-0.2, 0) is 0 Å². The summed E-state index contributed by atoms with van der Waals surface area (Å²) in [5.74, 6) is 0.540. The van der Waals surface area contributed by atoms with Crippen molar-refractivity contribution in [3.63, 3.8) is 0 Å². The average molecular weight is 442 g/mol. The minimum Gasteiger partial charge on any atom is -0.455 e. The molecule has 1 heterocycles. The third-order valence-electron chi connectivity index (χ3n) is 3.74. The van der Waals surface area contributed by atoms with E-state index in [2.05, 4.69) is 20.9 Å². The summed E-state index contributed by atoms with van der Waals surface area (Å²) < 4.78 is 6.40. The van der Waals surface area contributed by atoms with Crippen LogP contribution in [0.3, 0.4) is 0 Å². The highest BCUT2D eigenvalue weighted by molar-refractivity contribution is 9.10. The number of para-hydroxylation sites is 1. The average Bonchev–Trinajstić information content (AvgIpc) is 2.65. The van der Waals surface area contributed by atoms with E-state index in [0.29, 0.717) is 10.2 Å². The van der Waals surface area contributed by atoms with Gasteiger partial charge in [0.05, 0.1) is 5.02 Å². The number of ether oxygens (including phenoxy) is 1. The van der Waals surface area contributed by atoms with Gasteiger partial charge in [-0.15, -0.1) is 0 Å². The summed E-state index contributed by atoms with van der Waals surface area (Å²) in [7, 11) is 0. The monoisotopic (exact) mass is 440 g/mol. The summed E-state index contributed by atoms with van der Waals surface area (Å²) in [6.45, 7) is 0. The van der Waals surface area contributed by atoms with E-state index in [0.717, 1.165) is 0 Å². The van der Waals surface area contributed by atoms with Crippen LogP contribution in [0.2, 0.25) is 5.02 Å². The molecular formula is C19H10BrClN4O2. The lowest BCUT2D eigenvalue weighted by molar-refractivity contribution is 0.484. The number of nitrogen functional groups attached to an aromatic ring is 1. The number of rotatable bonds is 3. The fourth-order valence-corrected chi connectivity index (χ4v) is 3.27. The largest absolute Gasteiger partial charge is 0.455 e. The molecule has 0 fully saturated rings. The zero-order valence-corrected chi connectivity index (χ0v) is 15.9. The standard InChI is InChI=1S/C19H10BrClN4O2/c20-13-6-7-14(21)17(27-10-4-2-1-3-5-10)16(13)15-11(8-22)18(24)25-19(26)12(15)9-23/h1-7H,(H3,24,25,26). The van der Waals surface area contributed by atoms with Crippen LogP contribution in [0.25, 0.3) is 11.1 Å². The number of nitrogens with one attached hydrogen (secondary N) is 1. The molecule has 0 saturated carbocycles. The topological polar surface area (TPSA) is 116 Å². The van der Waals surface area contributed by atoms with Crippen molar-refractivity contribution in [2.75, 3.05) is 5.73 Å². The zero-order chi connectivity index (χ0) is 19.6. The maximum atomic E-state index is 12.2. The van der Waals surface area contributed by atoms with E-state index in [9.17, 15) is 15.3 Å². The number of nitrogens with two attached hydrogens (primary N) is 1. The molecule has 0 bridgehead atoms. The molecule has 1 aromatic heterocycles. The van der Waals surface area contributed by atoms with Gasteiger partial charge >= 0.3 is 0 Å². The minimum absolute atomic E-state index is 0.0490. The van der Waals surface area contributed by atoms with Gasteiger partial charge in [0.1, 0.15) is 34.8 Å². The predicted molar refractivity (Wildman–Crippen MR) is 106 cm³/mol. The second kappa shape index (κ2) is 7.55. The summed E-state index contributed by atoms with van der Waals surface area (Å²) in [4.78, 5) is 14.6. The second-order valence-corrected chi connectivity index (χ2v) is 6.63.